The summed E-state index contributed by atoms with van der Waals surface area (Å²) in [5.41, 5.74) is 5.39. The van der Waals surface area contributed by atoms with Crippen LogP contribution >= 0.6 is 0 Å². The molecule has 21 heavy (non-hydrogen) atoms. The van der Waals surface area contributed by atoms with Crippen molar-refractivity contribution in [3.63, 3.8) is 0 Å². The van der Waals surface area contributed by atoms with Gasteiger partial charge in [0.2, 0.25) is 5.95 Å². The van der Waals surface area contributed by atoms with Crippen molar-refractivity contribution in [2.24, 2.45) is 0 Å². The number of nitrogens with zero attached hydrogens (tertiary/aromatic N) is 3. The average molecular weight is 302 g/mol. The Hall–Kier alpha value is -2.78. The fraction of sp³-hybridized carbons (Fsp3) is 0.182. The van der Waals surface area contributed by atoms with Crippen LogP contribution in [-0.4, -0.2) is 28.4 Å². The molecule has 0 spiro atoms. The largest absolute Gasteiger partial charge is 0.573 e. The van der Waals surface area contributed by atoms with E-state index in [0.717, 1.165) is 6.07 Å². The minimum Gasteiger partial charge on any atom is -0.467 e. The van der Waals surface area contributed by atoms with Gasteiger partial charge in [0.25, 0.3) is 0 Å². The minimum atomic E-state index is -4.85. The second-order valence-corrected chi connectivity index (χ2v) is 3.56. The summed E-state index contributed by atoms with van der Waals surface area (Å²) in [6, 6.07) is 4.71. The smallest absolute Gasteiger partial charge is 0.467 e. The summed E-state index contributed by atoms with van der Waals surface area (Å²) in [6.07, 6.45) is -4.85. The highest BCUT2D eigenvalue weighted by atomic mass is 19.4. The minimum absolute atomic E-state index is 0.133. The summed E-state index contributed by atoms with van der Waals surface area (Å²) < 4.78 is 50.6. The quantitative estimate of drug-likeness (QED) is 0.925. The fourth-order valence-corrected chi connectivity index (χ4v) is 1.33. The van der Waals surface area contributed by atoms with E-state index in [2.05, 4.69) is 19.7 Å². The highest BCUT2D eigenvalue weighted by Crippen LogP contribution is 2.34. The Morgan fingerprint density at radius 1 is 1.00 bits per heavy atom. The SMILES string of the molecule is COc1nc(N)nc(Oc2ccccc2OC(F)(F)F)n1. The van der Waals surface area contributed by atoms with Gasteiger partial charge in [-0.3, -0.25) is 0 Å². The second kappa shape index (κ2) is 5.69. The lowest BCUT2D eigenvalue weighted by Crippen LogP contribution is -2.17. The summed E-state index contributed by atoms with van der Waals surface area (Å²) in [6.45, 7) is 0. The lowest BCUT2D eigenvalue weighted by Gasteiger charge is -2.12. The number of benzene rings is 1. The standard InChI is InChI=1S/C11H9F3N4O3/c1-19-9-16-8(15)17-10(18-9)20-6-4-2-3-5-7(6)21-11(12,13)14/h2-5H,1H3,(H2,15,16,17,18). The van der Waals surface area contributed by atoms with E-state index in [4.69, 9.17) is 15.2 Å². The molecule has 0 saturated heterocycles. The molecule has 1 aromatic carbocycles. The molecule has 0 saturated carbocycles. The molecule has 2 N–H and O–H groups in total. The van der Waals surface area contributed by atoms with Crippen molar-refractivity contribution >= 4 is 5.95 Å². The van der Waals surface area contributed by atoms with Crippen LogP contribution in [0.25, 0.3) is 0 Å². The predicted octanol–water partition coefficient (Wildman–Crippen LogP) is 2.15. The number of methoxy groups -OCH3 is 1. The molecule has 0 aliphatic carbocycles. The van der Waals surface area contributed by atoms with Gasteiger partial charge in [0, 0.05) is 0 Å². The van der Waals surface area contributed by atoms with E-state index in [9.17, 15) is 13.2 Å². The Bertz CT molecular complexity index is 636. The molecule has 0 atom stereocenters. The summed E-state index contributed by atoms with van der Waals surface area (Å²) in [5, 5.41) is 0. The number of anilines is 1. The molecule has 0 fully saturated rings. The highest BCUT2D eigenvalue weighted by Gasteiger charge is 2.32. The monoisotopic (exact) mass is 302 g/mol. The number of nitrogen functional groups attached to an aromatic ring is 1. The Morgan fingerprint density at radius 2 is 1.62 bits per heavy atom. The maximum atomic E-state index is 12.3. The van der Waals surface area contributed by atoms with E-state index in [1.165, 1.54) is 25.3 Å². The Labute approximate surface area is 116 Å². The normalized spacial score (nSPS) is 11.0. The van der Waals surface area contributed by atoms with Crippen LogP contribution in [0.4, 0.5) is 19.1 Å². The molecule has 2 aromatic rings. The first kappa shape index (κ1) is 14.6. The average Bonchev–Trinajstić information content (AvgIpc) is 2.38. The van der Waals surface area contributed by atoms with Crippen molar-refractivity contribution in [1.29, 1.82) is 0 Å². The van der Waals surface area contributed by atoms with E-state index < -0.39 is 12.1 Å². The van der Waals surface area contributed by atoms with Crippen LogP contribution in [-0.2, 0) is 0 Å². The van der Waals surface area contributed by atoms with Crippen LogP contribution in [0, 0.1) is 0 Å². The highest BCUT2D eigenvalue weighted by molar-refractivity contribution is 5.41. The number of nitrogens with two attached hydrogens (primary N) is 1. The summed E-state index contributed by atoms with van der Waals surface area (Å²) >= 11 is 0. The lowest BCUT2D eigenvalue weighted by atomic mass is 10.3. The first-order valence-corrected chi connectivity index (χ1v) is 5.45. The maximum Gasteiger partial charge on any atom is 0.573 e. The molecule has 1 heterocycles. The Balaban J connectivity index is 2.29. The molecular weight excluding hydrogens is 293 g/mol. The number of hydrogen-bond donors (Lipinski definition) is 1. The summed E-state index contributed by atoms with van der Waals surface area (Å²) in [4.78, 5) is 11.0. The van der Waals surface area contributed by atoms with Gasteiger partial charge in [-0.15, -0.1) is 18.2 Å². The molecule has 7 nitrogen and oxygen atoms in total. The van der Waals surface area contributed by atoms with Crippen molar-refractivity contribution in [3.05, 3.63) is 24.3 Å². The van der Waals surface area contributed by atoms with E-state index in [1.807, 2.05) is 0 Å². The van der Waals surface area contributed by atoms with Crippen LogP contribution < -0.4 is 19.9 Å². The van der Waals surface area contributed by atoms with Crippen LogP contribution in [0.5, 0.6) is 23.5 Å². The second-order valence-electron chi connectivity index (χ2n) is 3.56. The van der Waals surface area contributed by atoms with E-state index in [-0.39, 0.29) is 23.7 Å². The molecule has 0 aliphatic heterocycles. The molecule has 0 aliphatic rings. The maximum absolute atomic E-state index is 12.3. The number of halogens is 3. The molecule has 0 radical (unpaired) electrons. The molecule has 0 bridgehead atoms. The van der Waals surface area contributed by atoms with Gasteiger partial charge < -0.3 is 19.9 Å². The van der Waals surface area contributed by atoms with Crippen molar-refractivity contribution in [3.8, 4) is 23.5 Å². The number of rotatable bonds is 4. The zero-order chi connectivity index (χ0) is 15.5. The number of ether oxygens (including phenoxy) is 3. The molecule has 10 heteroatoms. The van der Waals surface area contributed by atoms with Crippen molar-refractivity contribution < 1.29 is 27.4 Å². The van der Waals surface area contributed by atoms with Crippen LogP contribution in [0.3, 0.4) is 0 Å². The third kappa shape index (κ3) is 4.09. The first-order valence-electron chi connectivity index (χ1n) is 5.45. The Kier molecular flexibility index (Phi) is 3.96. The van der Waals surface area contributed by atoms with Gasteiger partial charge in [-0.1, -0.05) is 12.1 Å². The molecule has 1 aromatic heterocycles. The van der Waals surface area contributed by atoms with Gasteiger partial charge in [0.15, 0.2) is 11.5 Å². The lowest BCUT2D eigenvalue weighted by molar-refractivity contribution is -0.275. The molecule has 112 valence electrons. The van der Waals surface area contributed by atoms with Crippen molar-refractivity contribution in [2.75, 3.05) is 12.8 Å². The first-order chi connectivity index (χ1) is 9.87. The van der Waals surface area contributed by atoms with Crippen LogP contribution in [0.2, 0.25) is 0 Å². The van der Waals surface area contributed by atoms with E-state index in [0.29, 0.717) is 0 Å². The van der Waals surface area contributed by atoms with Gasteiger partial charge in [-0.2, -0.15) is 9.97 Å². The number of aromatic nitrogens is 3. The number of para-hydroxylation sites is 2. The van der Waals surface area contributed by atoms with Gasteiger partial charge in [0.1, 0.15) is 0 Å². The summed E-state index contributed by atoms with van der Waals surface area (Å²) in [7, 11) is 1.29. The van der Waals surface area contributed by atoms with Crippen LogP contribution in [0.15, 0.2) is 24.3 Å². The topological polar surface area (TPSA) is 92.4 Å². The van der Waals surface area contributed by atoms with E-state index in [1.54, 1.807) is 0 Å². The zero-order valence-corrected chi connectivity index (χ0v) is 10.6. The van der Waals surface area contributed by atoms with Crippen molar-refractivity contribution in [1.82, 2.24) is 15.0 Å². The van der Waals surface area contributed by atoms with Crippen LogP contribution in [0.1, 0.15) is 0 Å². The predicted molar refractivity (Wildman–Crippen MR) is 64.0 cm³/mol. The molecule has 2 rings (SSSR count). The number of alkyl halides is 3. The van der Waals surface area contributed by atoms with Gasteiger partial charge in [-0.25, -0.2) is 0 Å². The molecule has 0 unspecified atom stereocenters. The molecule has 0 amide bonds. The van der Waals surface area contributed by atoms with Gasteiger partial charge >= 0.3 is 18.4 Å². The molecular formula is C11H9F3N4O3. The third-order valence-corrected chi connectivity index (χ3v) is 2.07. The van der Waals surface area contributed by atoms with Crippen molar-refractivity contribution in [2.45, 2.75) is 6.36 Å². The zero-order valence-electron chi connectivity index (χ0n) is 10.6. The Morgan fingerprint density at radius 3 is 2.24 bits per heavy atom. The van der Waals surface area contributed by atoms with E-state index >= 15 is 0 Å². The van der Waals surface area contributed by atoms with Gasteiger partial charge in [0.05, 0.1) is 7.11 Å². The number of hydrogen-bond acceptors (Lipinski definition) is 7. The van der Waals surface area contributed by atoms with Gasteiger partial charge in [-0.05, 0) is 12.1 Å². The fourth-order valence-electron chi connectivity index (χ4n) is 1.33. The summed E-state index contributed by atoms with van der Waals surface area (Å²) in [5.74, 6) is -0.975. The third-order valence-electron chi connectivity index (χ3n) is 2.07.